The highest BCUT2D eigenvalue weighted by atomic mass is 35.5. The second-order valence-corrected chi connectivity index (χ2v) is 6.86. The van der Waals surface area contributed by atoms with Crippen molar-refractivity contribution in [1.29, 1.82) is 0 Å². The Balaban J connectivity index is 2.11. The van der Waals surface area contributed by atoms with Crippen molar-refractivity contribution in [3.8, 4) is 0 Å². The van der Waals surface area contributed by atoms with Gasteiger partial charge in [0.05, 0.1) is 7.11 Å². The van der Waals surface area contributed by atoms with Gasteiger partial charge < -0.3 is 9.64 Å². The molecule has 0 radical (unpaired) electrons. The van der Waals surface area contributed by atoms with Gasteiger partial charge in [0.25, 0.3) is 0 Å². The van der Waals surface area contributed by atoms with Gasteiger partial charge in [-0.15, -0.1) is 0 Å². The molecule has 1 atom stereocenters. The first kappa shape index (κ1) is 14.9. The van der Waals surface area contributed by atoms with Crippen LogP contribution in [0.4, 0.5) is 5.13 Å². The van der Waals surface area contributed by atoms with Crippen LogP contribution in [-0.2, 0) is 4.74 Å². The highest BCUT2D eigenvalue weighted by Gasteiger charge is 2.23. The normalized spacial score (nSPS) is 20.2. The number of hydrogen-bond acceptors (Lipinski definition) is 6. The fourth-order valence-electron chi connectivity index (χ4n) is 2.14. The fraction of sp³-hybridized carbons (Fsp3) is 0.667. The van der Waals surface area contributed by atoms with E-state index in [0.29, 0.717) is 4.88 Å². The van der Waals surface area contributed by atoms with Gasteiger partial charge in [0.15, 0.2) is 15.2 Å². The lowest BCUT2D eigenvalue weighted by molar-refractivity contribution is 0.0606. The average molecular weight is 321 g/mol. The van der Waals surface area contributed by atoms with E-state index in [4.69, 9.17) is 16.3 Å². The van der Waals surface area contributed by atoms with Crippen molar-refractivity contribution in [2.24, 2.45) is 0 Å². The van der Waals surface area contributed by atoms with Crippen LogP contribution >= 0.6 is 34.7 Å². The molecule has 1 fully saturated rings. The van der Waals surface area contributed by atoms with Crippen LogP contribution in [0.2, 0.25) is 5.15 Å². The Morgan fingerprint density at radius 1 is 1.53 bits per heavy atom. The number of anilines is 1. The molecule has 7 heteroatoms. The molecule has 4 nitrogen and oxygen atoms in total. The molecule has 106 valence electrons. The zero-order chi connectivity index (χ0) is 13.8. The zero-order valence-electron chi connectivity index (χ0n) is 11.0. The van der Waals surface area contributed by atoms with E-state index in [-0.39, 0.29) is 5.15 Å². The highest BCUT2D eigenvalue weighted by Crippen LogP contribution is 2.32. The van der Waals surface area contributed by atoms with Crippen LogP contribution in [-0.4, -0.2) is 42.7 Å². The van der Waals surface area contributed by atoms with Gasteiger partial charge in [-0.05, 0) is 25.5 Å². The first-order valence-electron chi connectivity index (χ1n) is 6.18. The number of methoxy groups -OCH3 is 1. The molecule has 0 aromatic carbocycles. The minimum Gasteiger partial charge on any atom is -0.465 e. The number of thiazole rings is 1. The molecular formula is C12H17ClN2O2S2. The predicted molar refractivity (Wildman–Crippen MR) is 81.8 cm³/mol. The third-order valence-corrected chi connectivity index (χ3v) is 5.84. The molecule has 1 unspecified atom stereocenters. The first-order valence-corrected chi connectivity index (χ1v) is 8.66. The molecule has 0 spiro atoms. The summed E-state index contributed by atoms with van der Waals surface area (Å²) in [5.41, 5.74) is 0. The van der Waals surface area contributed by atoms with Gasteiger partial charge in [0.2, 0.25) is 0 Å². The summed E-state index contributed by atoms with van der Waals surface area (Å²) in [5, 5.41) is 1.80. The van der Waals surface area contributed by atoms with Crippen molar-refractivity contribution in [3.63, 3.8) is 0 Å². The molecule has 1 aliphatic rings. The van der Waals surface area contributed by atoms with E-state index in [1.807, 2.05) is 11.8 Å². The number of thioether (sulfide) groups is 1. The van der Waals surface area contributed by atoms with Gasteiger partial charge in [-0.25, -0.2) is 9.78 Å². The van der Waals surface area contributed by atoms with Crippen LogP contribution in [0.3, 0.4) is 0 Å². The van der Waals surface area contributed by atoms with E-state index in [9.17, 15) is 4.79 Å². The quantitative estimate of drug-likeness (QED) is 0.799. The van der Waals surface area contributed by atoms with Crippen LogP contribution in [0, 0.1) is 0 Å². The second kappa shape index (κ2) is 6.81. The minimum atomic E-state index is -0.412. The molecule has 1 aromatic heterocycles. The monoisotopic (exact) mass is 320 g/mol. The molecule has 2 rings (SSSR count). The first-order chi connectivity index (χ1) is 9.15. The molecular weight excluding hydrogens is 304 g/mol. The van der Waals surface area contributed by atoms with Gasteiger partial charge in [-0.3, -0.25) is 0 Å². The Bertz CT molecular complexity index is 453. The molecule has 0 saturated carbocycles. The lowest BCUT2D eigenvalue weighted by Crippen LogP contribution is -2.24. The van der Waals surface area contributed by atoms with Crippen molar-refractivity contribution < 1.29 is 9.53 Å². The summed E-state index contributed by atoms with van der Waals surface area (Å²) in [4.78, 5) is 18.5. The summed E-state index contributed by atoms with van der Waals surface area (Å²) >= 11 is 9.25. The standard InChI is InChI=1S/C12H17ClN2O2S2/c1-17-11(16)9-10(13)14-12(19-9)15-6-3-4-8(18-2)5-7-15/h8H,3-7H2,1-2H3. The van der Waals surface area contributed by atoms with Crippen LogP contribution in [0.5, 0.6) is 0 Å². The number of halogens is 1. The molecule has 1 aliphatic heterocycles. The number of aromatic nitrogens is 1. The van der Waals surface area contributed by atoms with E-state index < -0.39 is 5.97 Å². The van der Waals surface area contributed by atoms with Crippen molar-refractivity contribution in [2.45, 2.75) is 24.5 Å². The largest absolute Gasteiger partial charge is 0.465 e. The summed E-state index contributed by atoms with van der Waals surface area (Å²) in [7, 11) is 1.35. The maximum Gasteiger partial charge on any atom is 0.351 e. The lowest BCUT2D eigenvalue weighted by atomic mass is 10.2. The van der Waals surface area contributed by atoms with E-state index in [2.05, 4.69) is 16.1 Å². The van der Waals surface area contributed by atoms with Crippen molar-refractivity contribution in [3.05, 3.63) is 10.0 Å². The number of carbonyl (C=O) groups is 1. The van der Waals surface area contributed by atoms with Crippen molar-refractivity contribution in [2.75, 3.05) is 31.4 Å². The fourth-order valence-corrected chi connectivity index (χ4v) is 4.13. The smallest absolute Gasteiger partial charge is 0.351 e. The van der Waals surface area contributed by atoms with Gasteiger partial charge in [0, 0.05) is 18.3 Å². The molecule has 1 saturated heterocycles. The summed E-state index contributed by atoms with van der Waals surface area (Å²) in [5.74, 6) is -0.412. The Hall–Kier alpha value is -0.460. The third-order valence-electron chi connectivity index (χ3n) is 3.22. The van der Waals surface area contributed by atoms with E-state index in [1.54, 1.807) is 0 Å². The zero-order valence-corrected chi connectivity index (χ0v) is 13.4. The van der Waals surface area contributed by atoms with Gasteiger partial charge in [-0.1, -0.05) is 22.9 Å². The van der Waals surface area contributed by atoms with E-state index >= 15 is 0 Å². The maximum absolute atomic E-state index is 11.5. The summed E-state index contributed by atoms with van der Waals surface area (Å²) in [6, 6.07) is 0. The van der Waals surface area contributed by atoms with Gasteiger partial charge in [-0.2, -0.15) is 11.8 Å². The summed E-state index contributed by atoms with van der Waals surface area (Å²) in [6.45, 7) is 1.94. The topological polar surface area (TPSA) is 42.4 Å². The van der Waals surface area contributed by atoms with E-state index in [1.165, 1.54) is 24.9 Å². The lowest BCUT2D eigenvalue weighted by Gasteiger charge is -2.18. The van der Waals surface area contributed by atoms with Crippen LogP contribution in [0.1, 0.15) is 28.9 Å². The number of rotatable bonds is 3. The number of nitrogens with zero attached hydrogens (tertiary/aromatic N) is 2. The Labute approximate surface area is 126 Å². The van der Waals surface area contributed by atoms with Crippen LogP contribution in [0.15, 0.2) is 0 Å². The van der Waals surface area contributed by atoms with Crippen molar-refractivity contribution >= 4 is 45.8 Å². The Morgan fingerprint density at radius 3 is 3.00 bits per heavy atom. The van der Waals surface area contributed by atoms with Crippen molar-refractivity contribution in [1.82, 2.24) is 4.98 Å². The number of hydrogen-bond donors (Lipinski definition) is 0. The molecule has 0 bridgehead atoms. The maximum atomic E-state index is 11.5. The minimum absolute atomic E-state index is 0.248. The molecule has 2 heterocycles. The van der Waals surface area contributed by atoms with E-state index in [0.717, 1.165) is 36.3 Å². The summed E-state index contributed by atoms with van der Waals surface area (Å²) in [6.07, 6.45) is 5.69. The molecule has 19 heavy (non-hydrogen) atoms. The third kappa shape index (κ3) is 3.55. The Morgan fingerprint density at radius 2 is 2.32 bits per heavy atom. The molecule has 0 amide bonds. The predicted octanol–water partition coefficient (Wildman–Crippen LogP) is 3.31. The Kier molecular flexibility index (Phi) is 5.36. The SMILES string of the molecule is COC(=O)c1sc(N2CCCC(SC)CC2)nc1Cl. The van der Waals surface area contributed by atoms with Gasteiger partial charge >= 0.3 is 5.97 Å². The average Bonchev–Trinajstić information content (AvgIpc) is 2.66. The van der Waals surface area contributed by atoms with Crippen LogP contribution in [0.25, 0.3) is 0 Å². The number of carbonyl (C=O) groups excluding carboxylic acids is 1. The second-order valence-electron chi connectivity index (χ2n) is 4.38. The number of esters is 1. The molecule has 1 aromatic rings. The summed E-state index contributed by atoms with van der Waals surface area (Å²) < 4.78 is 4.70. The molecule has 0 aliphatic carbocycles. The molecule has 0 N–H and O–H groups in total. The highest BCUT2D eigenvalue weighted by molar-refractivity contribution is 7.99. The van der Waals surface area contributed by atoms with Gasteiger partial charge in [0.1, 0.15) is 0 Å². The number of ether oxygens (including phenoxy) is 1. The van der Waals surface area contributed by atoms with Crippen LogP contribution < -0.4 is 4.90 Å².